The molecule has 0 spiro atoms. The Hall–Kier alpha value is -1.24. The minimum atomic E-state index is 0.318. The molecular formula is C15H19N. The summed E-state index contributed by atoms with van der Waals surface area (Å²) in [7, 11) is 0. The van der Waals surface area contributed by atoms with Gasteiger partial charge in [0.15, 0.2) is 0 Å². The van der Waals surface area contributed by atoms with E-state index in [1.807, 2.05) is 0 Å². The molecular weight excluding hydrogens is 194 g/mol. The van der Waals surface area contributed by atoms with Crippen LogP contribution in [0.5, 0.6) is 0 Å². The minimum Gasteiger partial charge on any atom is -0.357 e. The second-order valence-corrected chi connectivity index (χ2v) is 5.71. The number of fused-ring (bicyclic) bond motifs is 3. The largest absolute Gasteiger partial charge is 0.357 e. The SMILES string of the molecule is Cc1cccc2c3c([nH]c12)C(C)(C)CCC3. The van der Waals surface area contributed by atoms with Gasteiger partial charge in [0, 0.05) is 22.0 Å². The van der Waals surface area contributed by atoms with E-state index in [9.17, 15) is 0 Å². The quantitative estimate of drug-likeness (QED) is 0.678. The van der Waals surface area contributed by atoms with Crippen molar-refractivity contribution in [1.82, 2.24) is 4.98 Å². The molecule has 1 aliphatic carbocycles. The van der Waals surface area contributed by atoms with Crippen molar-refractivity contribution in [2.75, 3.05) is 0 Å². The van der Waals surface area contributed by atoms with Crippen LogP contribution in [0.4, 0.5) is 0 Å². The van der Waals surface area contributed by atoms with Crippen LogP contribution in [0.3, 0.4) is 0 Å². The van der Waals surface area contributed by atoms with Gasteiger partial charge in [0.05, 0.1) is 0 Å². The molecule has 0 unspecified atom stereocenters. The van der Waals surface area contributed by atoms with Gasteiger partial charge >= 0.3 is 0 Å². The smallest absolute Gasteiger partial charge is 0.0488 e. The molecule has 16 heavy (non-hydrogen) atoms. The fourth-order valence-corrected chi connectivity index (χ4v) is 3.09. The van der Waals surface area contributed by atoms with Crippen molar-refractivity contribution in [1.29, 1.82) is 0 Å². The average molecular weight is 213 g/mol. The standard InChI is InChI=1S/C15H19N/c1-10-6-4-7-11-12-8-5-9-15(2,3)14(12)16-13(10)11/h4,6-7,16H,5,8-9H2,1-3H3. The van der Waals surface area contributed by atoms with Crippen molar-refractivity contribution in [3.8, 4) is 0 Å². The highest BCUT2D eigenvalue weighted by Crippen LogP contribution is 2.40. The van der Waals surface area contributed by atoms with E-state index in [2.05, 4.69) is 44.0 Å². The van der Waals surface area contributed by atoms with Crippen LogP contribution in [-0.2, 0) is 11.8 Å². The maximum absolute atomic E-state index is 3.67. The molecule has 84 valence electrons. The highest BCUT2D eigenvalue weighted by atomic mass is 14.8. The van der Waals surface area contributed by atoms with Crippen LogP contribution in [0.1, 0.15) is 43.5 Å². The van der Waals surface area contributed by atoms with E-state index in [-0.39, 0.29) is 0 Å². The topological polar surface area (TPSA) is 15.8 Å². The Balaban J connectivity index is 2.37. The molecule has 1 heteroatoms. The summed E-state index contributed by atoms with van der Waals surface area (Å²) in [6, 6.07) is 6.63. The summed E-state index contributed by atoms with van der Waals surface area (Å²) < 4.78 is 0. The summed E-state index contributed by atoms with van der Waals surface area (Å²) >= 11 is 0. The number of hydrogen-bond acceptors (Lipinski definition) is 0. The van der Waals surface area contributed by atoms with Gasteiger partial charge in [-0.1, -0.05) is 32.0 Å². The summed E-state index contributed by atoms with van der Waals surface area (Å²) in [6.45, 7) is 6.91. The summed E-state index contributed by atoms with van der Waals surface area (Å²) in [4.78, 5) is 3.67. The lowest BCUT2D eigenvalue weighted by molar-refractivity contribution is 0.423. The predicted octanol–water partition coefficient (Wildman–Crippen LogP) is 4.09. The minimum absolute atomic E-state index is 0.318. The van der Waals surface area contributed by atoms with Crippen molar-refractivity contribution < 1.29 is 0 Å². The zero-order valence-electron chi connectivity index (χ0n) is 10.4. The van der Waals surface area contributed by atoms with Gasteiger partial charge in [0.2, 0.25) is 0 Å². The lowest BCUT2D eigenvalue weighted by Crippen LogP contribution is -2.23. The van der Waals surface area contributed by atoms with E-state index < -0.39 is 0 Å². The summed E-state index contributed by atoms with van der Waals surface area (Å²) in [5.74, 6) is 0. The van der Waals surface area contributed by atoms with Gasteiger partial charge in [-0.25, -0.2) is 0 Å². The molecule has 1 aromatic heterocycles. The van der Waals surface area contributed by atoms with Crippen LogP contribution in [0.15, 0.2) is 18.2 Å². The zero-order valence-corrected chi connectivity index (χ0v) is 10.4. The summed E-state index contributed by atoms with van der Waals surface area (Å²) in [5.41, 5.74) is 6.07. The maximum Gasteiger partial charge on any atom is 0.0488 e. The number of benzene rings is 1. The lowest BCUT2D eigenvalue weighted by atomic mass is 9.76. The summed E-state index contributed by atoms with van der Waals surface area (Å²) in [6.07, 6.45) is 3.86. The van der Waals surface area contributed by atoms with Crippen LogP contribution < -0.4 is 0 Å². The van der Waals surface area contributed by atoms with Crippen molar-refractivity contribution in [3.05, 3.63) is 35.0 Å². The van der Waals surface area contributed by atoms with Crippen molar-refractivity contribution in [2.45, 2.75) is 45.4 Å². The van der Waals surface area contributed by atoms with Gasteiger partial charge in [-0.05, 0) is 37.3 Å². The third kappa shape index (κ3) is 1.24. The number of aryl methyl sites for hydroxylation is 2. The Labute approximate surface area is 96.9 Å². The van der Waals surface area contributed by atoms with Gasteiger partial charge in [0.25, 0.3) is 0 Å². The highest BCUT2D eigenvalue weighted by Gasteiger charge is 2.30. The Morgan fingerprint density at radius 1 is 1.25 bits per heavy atom. The average Bonchev–Trinajstić information content (AvgIpc) is 2.60. The second-order valence-electron chi connectivity index (χ2n) is 5.71. The predicted molar refractivity (Wildman–Crippen MR) is 69.0 cm³/mol. The van der Waals surface area contributed by atoms with Gasteiger partial charge in [-0.3, -0.25) is 0 Å². The first-order chi connectivity index (χ1) is 7.59. The Kier molecular flexibility index (Phi) is 1.95. The molecule has 0 atom stereocenters. The van der Waals surface area contributed by atoms with Gasteiger partial charge < -0.3 is 4.98 Å². The fraction of sp³-hybridized carbons (Fsp3) is 0.467. The van der Waals surface area contributed by atoms with Crippen LogP contribution in [-0.4, -0.2) is 4.98 Å². The number of para-hydroxylation sites is 1. The van der Waals surface area contributed by atoms with Crippen LogP contribution >= 0.6 is 0 Å². The molecule has 0 amide bonds. The molecule has 1 N–H and O–H groups in total. The van der Waals surface area contributed by atoms with E-state index in [1.165, 1.54) is 41.4 Å². The third-order valence-electron chi connectivity index (χ3n) is 4.06. The van der Waals surface area contributed by atoms with Crippen LogP contribution in [0.2, 0.25) is 0 Å². The zero-order chi connectivity index (χ0) is 11.3. The number of rotatable bonds is 0. The molecule has 0 bridgehead atoms. The maximum atomic E-state index is 3.67. The third-order valence-corrected chi connectivity index (χ3v) is 4.06. The van der Waals surface area contributed by atoms with Crippen molar-refractivity contribution >= 4 is 10.9 Å². The molecule has 3 rings (SSSR count). The molecule has 0 saturated carbocycles. The van der Waals surface area contributed by atoms with Crippen LogP contribution in [0.25, 0.3) is 10.9 Å². The van der Waals surface area contributed by atoms with Crippen LogP contribution in [0, 0.1) is 6.92 Å². The molecule has 1 nitrogen and oxygen atoms in total. The van der Waals surface area contributed by atoms with E-state index in [1.54, 1.807) is 5.56 Å². The van der Waals surface area contributed by atoms with Crippen molar-refractivity contribution in [2.24, 2.45) is 0 Å². The number of nitrogens with one attached hydrogen (secondary N) is 1. The molecule has 0 saturated heterocycles. The second kappa shape index (κ2) is 3.13. The molecule has 2 aromatic rings. The number of aromatic nitrogens is 1. The number of aromatic amines is 1. The van der Waals surface area contributed by atoms with E-state index in [4.69, 9.17) is 0 Å². The normalized spacial score (nSPS) is 18.7. The monoisotopic (exact) mass is 213 g/mol. The molecule has 1 aromatic carbocycles. The molecule has 1 aliphatic rings. The first-order valence-corrected chi connectivity index (χ1v) is 6.20. The lowest BCUT2D eigenvalue weighted by Gasteiger charge is -2.29. The van der Waals surface area contributed by atoms with E-state index in [0.717, 1.165) is 0 Å². The fourth-order valence-electron chi connectivity index (χ4n) is 3.09. The molecule has 0 fully saturated rings. The van der Waals surface area contributed by atoms with Crippen molar-refractivity contribution in [3.63, 3.8) is 0 Å². The van der Waals surface area contributed by atoms with Gasteiger partial charge in [-0.2, -0.15) is 0 Å². The molecule has 0 radical (unpaired) electrons. The summed E-state index contributed by atoms with van der Waals surface area (Å²) in [5, 5.41) is 1.45. The Morgan fingerprint density at radius 3 is 2.88 bits per heavy atom. The van der Waals surface area contributed by atoms with E-state index >= 15 is 0 Å². The highest BCUT2D eigenvalue weighted by molar-refractivity contribution is 5.87. The first kappa shape index (κ1) is 9.95. The van der Waals surface area contributed by atoms with E-state index in [0.29, 0.717) is 5.41 Å². The molecule has 1 heterocycles. The Bertz CT molecular complexity index is 546. The number of hydrogen-bond donors (Lipinski definition) is 1. The van der Waals surface area contributed by atoms with Gasteiger partial charge in [-0.15, -0.1) is 0 Å². The first-order valence-electron chi connectivity index (χ1n) is 6.20. The van der Waals surface area contributed by atoms with Gasteiger partial charge in [0.1, 0.15) is 0 Å². The number of H-pyrrole nitrogens is 1. The Morgan fingerprint density at radius 2 is 2.06 bits per heavy atom. The molecule has 0 aliphatic heterocycles.